The van der Waals surface area contributed by atoms with Crippen molar-refractivity contribution in [3.05, 3.63) is 0 Å². The Morgan fingerprint density at radius 1 is 0.833 bits per heavy atom. The average Bonchev–Trinajstić information content (AvgIpc) is 2.61. The second kappa shape index (κ2) is 7.42. The van der Waals surface area contributed by atoms with Crippen LogP contribution in [0.5, 0.6) is 0 Å². The van der Waals surface area contributed by atoms with Crippen molar-refractivity contribution in [1.82, 2.24) is 9.80 Å². The molecule has 1 saturated carbocycles. The van der Waals surface area contributed by atoms with Crippen molar-refractivity contribution >= 4 is 11.8 Å². The molecule has 2 aliphatic heterocycles. The maximum absolute atomic E-state index is 12.9. The Balaban J connectivity index is 1.52. The number of amides is 2. The predicted octanol–water partition coefficient (Wildman–Crippen LogP) is 2.15. The maximum Gasteiger partial charge on any atom is 0.227 e. The highest BCUT2D eigenvalue weighted by molar-refractivity contribution is 5.82. The molecule has 24 heavy (non-hydrogen) atoms. The van der Waals surface area contributed by atoms with Gasteiger partial charge in [-0.25, -0.2) is 0 Å². The van der Waals surface area contributed by atoms with Gasteiger partial charge >= 0.3 is 0 Å². The largest absolute Gasteiger partial charge is 0.342 e. The monoisotopic (exact) mass is 335 g/mol. The fourth-order valence-electron chi connectivity index (χ4n) is 4.70. The molecule has 2 N–H and O–H groups in total. The van der Waals surface area contributed by atoms with Crippen LogP contribution >= 0.6 is 0 Å². The third kappa shape index (κ3) is 3.76. The Labute approximate surface area is 145 Å². The van der Waals surface area contributed by atoms with Crippen LogP contribution in [0, 0.1) is 11.8 Å². The van der Waals surface area contributed by atoms with Crippen molar-refractivity contribution in [2.45, 2.75) is 70.3 Å². The van der Waals surface area contributed by atoms with Gasteiger partial charge < -0.3 is 15.5 Å². The highest BCUT2D eigenvalue weighted by Gasteiger charge is 2.41. The van der Waals surface area contributed by atoms with Crippen LogP contribution in [-0.4, -0.2) is 53.3 Å². The minimum absolute atomic E-state index is 0.0411. The lowest BCUT2D eigenvalue weighted by molar-refractivity contribution is -0.145. The van der Waals surface area contributed by atoms with Gasteiger partial charge in [0.25, 0.3) is 0 Å². The highest BCUT2D eigenvalue weighted by atomic mass is 16.2. The molecule has 0 aromatic rings. The Morgan fingerprint density at radius 2 is 1.46 bits per heavy atom. The molecule has 3 fully saturated rings. The standard InChI is InChI=1S/C19H33N3O2/c1-19(20)10-4-3-7-16(19)18(24)22-13-8-15(9-14-22)17(23)21-11-5-2-6-12-21/h15-16H,2-14,20H2,1H3. The molecule has 2 saturated heterocycles. The Hall–Kier alpha value is -1.10. The Kier molecular flexibility index (Phi) is 5.48. The normalized spacial score (nSPS) is 32.7. The lowest BCUT2D eigenvalue weighted by atomic mass is 9.73. The zero-order valence-electron chi connectivity index (χ0n) is 15.1. The smallest absolute Gasteiger partial charge is 0.227 e. The van der Waals surface area contributed by atoms with Gasteiger partial charge in [0.2, 0.25) is 11.8 Å². The molecular formula is C19H33N3O2. The van der Waals surface area contributed by atoms with Crippen molar-refractivity contribution < 1.29 is 9.59 Å². The Bertz CT molecular complexity index is 463. The summed E-state index contributed by atoms with van der Waals surface area (Å²) >= 11 is 0. The summed E-state index contributed by atoms with van der Waals surface area (Å²) in [6.07, 6.45) is 9.24. The molecule has 2 amide bonds. The lowest BCUT2D eigenvalue weighted by Crippen LogP contribution is -2.55. The summed E-state index contributed by atoms with van der Waals surface area (Å²) in [5, 5.41) is 0. The highest BCUT2D eigenvalue weighted by Crippen LogP contribution is 2.34. The summed E-state index contributed by atoms with van der Waals surface area (Å²) in [4.78, 5) is 29.6. The van der Waals surface area contributed by atoms with Crippen LogP contribution < -0.4 is 5.73 Å². The fraction of sp³-hybridized carbons (Fsp3) is 0.895. The summed E-state index contributed by atoms with van der Waals surface area (Å²) in [6.45, 7) is 5.31. The first-order chi connectivity index (χ1) is 11.5. The summed E-state index contributed by atoms with van der Waals surface area (Å²) < 4.78 is 0. The second-order valence-corrected chi connectivity index (χ2v) is 8.29. The number of nitrogens with zero attached hydrogens (tertiary/aromatic N) is 2. The molecule has 136 valence electrons. The molecule has 5 nitrogen and oxygen atoms in total. The first-order valence-corrected chi connectivity index (χ1v) is 9.85. The number of likely N-dealkylation sites (tertiary alicyclic amines) is 2. The van der Waals surface area contributed by atoms with Crippen LogP contribution in [0.4, 0.5) is 0 Å². The van der Waals surface area contributed by atoms with Gasteiger partial charge in [0.05, 0.1) is 5.92 Å². The predicted molar refractivity (Wildman–Crippen MR) is 94.3 cm³/mol. The first kappa shape index (κ1) is 17.7. The van der Waals surface area contributed by atoms with E-state index in [1.807, 2.05) is 16.7 Å². The van der Waals surface area contributed by atoms with Crippen molar-refractivity contribution in [3.63, 3.8) is 0 Å². The maximum atomic E-state index is 12.9. The third-order valence-corrected chi connectivity index (χ3v) is 6.38. The molecule has 1 aliphatic carbocycles. The van der Waals surface area contributed by atoms with Gasteiger partial charge in [0.15, 0.2) is 0 Å². The van der Waals surface area contributed by atoms with Crippen LogP contribution in [-0.2, 0) is 9.59 Å². The SMILES string of the molecule is CC1(N)CCCCC1C(=O)N1CCC(C(=O)N2CCCCC2)CC1. The first-order valence-electron chi connectivity index (χ1n) is 9.85. The van der Waals surface area contributed by atoms with Crippen molar-refractivity contribution in [1.29, 1.82) is 0 Å². The van der Waals surface area contributed by atoms with Gasteiger partial charge in [-0.1, -0.05) is 12.8 Å². The lowest BCUT2D eigenvalue weighted by Gasteiger charge is -2.42. The molecule has 3 aliphatic rings. The number of carbonyl (C=O) groups excluding carboxylic acids is 2. The summed E-state index contributed by atoms with van der Waals surface area (Å²) in [7, 11) is 0. The van der Waals surface area contributed by atoms with E-state index < -0.39 is 0 Å². The van der Waals surface area contributed by atoms with Crippen molar-refractivity contribution in [2.24, 2.45) is 17.6 Å². The summed E-state index contributed by atoms with van der Waals surface area (Å²) in [5.74, 6) is 0.620. The molecule has 0 aromatic heterocycles. The zero-order valence-corrected chi connectivity index (χ0v) is 15.1. The van der Waals surface area contributed by atoms with Crippen molar-refractivity contribution in [3.8, 4) is 0 Å². The molecule has 5 heteroatoms. The van der Waals surface area contributed by atoms with Crippen LogP contribution in [0.25, 0.3) is 0 Å². The van der Waals surface area contributed by atoms with Crippen LogP contribution in [0.2, 0.25) is 0 Å². The number of hydrogen-bond donors (Lipinski definition) is 1. The molecule has 0 aromatic carbocycles. The van der Waals surface area contributed by atoms with Gasteiger partial charge in [0.1, 0.15) is 0 Å². The Morgan fingerprint density at radius 3 is 2.08 bits per heavy atom. The minimum Gasteiger partial charge on any atom is -0.342 e. The van der Waals surface area contributed by atoms with E-state index in [2.05, 4.69) is 0 Å². The van der Waals surface area contributed by atoms with E-state index in [4.69, 9.17) is 5.73 Å². The number of carbonyl (C=O) groups is 2. The van der Waals surface area contributed by atoms with E-state index in [-0.39, 0.29) is 23.3 Å². The minimum atomic E-state index is -0.365. The number of piperidine rings is 2. The van der Waals surface area contributed by atoms with E-state index >= 15 is 0 Å². The average molecular weight is 335 g/mol. The zero-order chi connectivity index (χ0) is 17.2. The molecule has 0 radical (unpaired) electrons. The van der Waals surface area contributed by atoms with Crippen LogP contribution in [0.3, 0.4) is 0 Å². The number of hydrogen-bond acceptors (Lipinski definition) is 3. The molecule has 0 spiro atoms. The molecular weight excluding hydrogens is 302 g/mol. The van der Waals surface area contributed by atoms with Gasteiger partial charge in [0, 0.05) is 37.6 Å². The second-order valence-electron chi connectivity index (χ2n) is 8.29. The van der Waals surface area contributed by atoms with Gasteiger partial charge in [-0.05, 0) is 51.9 Å². The van der Waals surface area contributed by atoms with E-state index in [1.54, 1.807) is 0 Å². The van der Waals surface area contributed by atoms with Crippen LogP contribution in [0.15, 0.2) is 0 Å². The fourth-order valence-corrected chi connectivity index (χ4v) is 4.70. The molecule has 2 atom stereocenters. The van der Waals surface area contributed by atoms with E-state index in [0.29, 0.717) is 5.91 Å². The number of rotatable bonds is 2. The topological polar surface area (TPSA) is 66.6 Å². The van der Waals surface area contributed by atoms with Gasteiger partial charge in [-0.3, -0.25) is 9.59 Å². The quantitative estimate of drug-likeness (QED) is 0.841. The van der Waals surface area contributed by atoms with E-state index in [0.717, 1.165) is 77.5 Å². The van der Waals surface area contributed by atoms with E-state index in [9.17, 15) is 9.59 Å². The van der Waals surface area contributed by atoms with E-state index in [1.165, 1.54) is 6.42 Å². The summed E-state index contributed by atoms with van der Waals surface area (Å²) in [6, 6.07) is 0. The molecule has 2 heterocycles. The number of nitrogens with two attached hydrogens (primary N) is 1. The van der Waals surface area contributed by atoms with Crippen LogP contribution in [0.1, 0.15) is 64.7 Å². The molecule has 0 bridgehead atoms. The van der Waals surface area contributed by atoms with Crippen molar-refractivity contribution in [2.75, 3.05) is 26.2 Å². The third-order valence-electron chi connectivity index (χ3n) is 6.38. The summed E-state index contributed by atoms with van der Waals surface area (Å²) in [5.41, 5.74) is 6.03. The van der Waals surface area contributed by atoms with Gasteiger partial charge in [-0.2, -0.15) is 0 Å². The molecule has 2 unspecified atom stereocenters. The molecule has 3 rings (SSSR count). The van der Waals surface area contributed by atoms with Gasteiger partial charge in [-0.15, -0.1) is 0 Å².